The number of rotatable bonds is 6. The summed E-state index contributed by atoms with van der Waals surface area (Å²) >= 11 is 0. The lowest BCUT2D eigenvalue weighted by molar-refractivity contribution is -0.146. The highest BCUT2D eigenvalue weighted by Crippen LogP contribution is 2.31. The van der Waals surface area contributed by atoms with Gasteiger partial charge >= 0.3 is 12.2 Å². The summed E-state index contributed by atoms with van der Waals surface area (Å²) in [5.41, 5.74) is 0.987. The number of carbonyl (C=O) groups is 1. The Bertz CT molecular complexity index is 1020. The number of fused-ring (bicyclic) bond motifs is 1. The second-order valence-electron chi connectivity index (χ2n) is 6.02. The maximum Gasteiger partial charge on any atom is 0.449 e. The second-order valence-corrected chi connectivity index (χ2v) is 6.02. The monoisotopic (exact) mass is 408 g/mol. The smallest absolute Gasteiger partial charge is 0.449 e. The number of aromatic nitrogens is 2. The number of para-hydroxylation sites is 2. The first-order valence-electron chi connectivity index (χ1n) is 8.63. The van der Waals surface area contributed by atoms with Gasteiger partial charge in [-0.2, -0.15) is 13.2 Å². The van der Waals surface area contributed by atoms with Crippen molar-refractivity contribution >= 4 is 22.8 Å². The third-order valence-electron chi connectivity index (χ3n) is 4.19. The molecule has 7 nitrogen and oxygen atoms in total. The van der Waals surface area contributed by atoms with E-state index in [-0.39, 0.29) is 18.6 Å². The maximum atomic E-state index is 13.3. The molecule has 2 N–H and O–H groups in total. The number of ether oxygens (including phenoxy) is 2. The summed E-state index contributed by atoms with van der Waals surface area (Å²) in [5.74, 6) is -0.0586. The Hall–Kier alpha value is -3.43. The molecule has 0 bridgehead atoms. The van der Waals surface area contributed by atoms with Crippen molar-refractivity contribution in [1.29, 1.82) is 0 Å². The van der Waals surface area contributed by atoms with Gasteiger partial charge < -0.3 is 24.7 Å². The largest absolute Gasteiger partial charge is 0.497 e. The molecule has 10 heteroatoms. The molecule has 0 atom stereocenters. The number of carbonyl (C=O) groups excluding carboxylic acids is 1. The maximum absolute atomic E-state index is 13.3. The van der Waals surface area contributed by atoms with Crippen molar-refractivity contribution in [2.75, 3.05) is 26.1 Å². The summed E-state index contributed by atoms with van der Waals surface area (Å²) in [6.45, 7) is -0.129. The summed E-state index contributed by atoms with van der Waals surface area (Å²) in [6.07, 6.45) is -4.60. The lowest BCUT2D eigenvalue weighted by Gasteiger charge is -2.14. The standard InChI is InChI=1S/C19H19F3N4O3/c1-28-12-7-8-14(16(11-12)29-2)25-18(27)23-9-10-26-15-6-4-3-5-13(15)24-17(26)19(20,21)22/h3-8,11H,9-10H2,1-2H3,(H2,23,25,27). The molecule has 0 aliphatic carbocycles. The first-order chi connectivity index (χ1) is 13.8. The van der Waals surface area contributed by atoms with Gasteiger partial charge in [-0.15, -0.1) is 0 Å². The number of methoxy groups -OCH3 is 2. The first kappa shape index (κ1) is 20.3. The molecule has 1 aromatic heterocycles. The molecule has 3 rings (SSSR count). The van der Waals surface area contributed by atoms with Crippen LogP contribution >= 0.6 is 0 Å². The molecular weight excluding hydrogens is 389 g/mol. The van der Waals surface area contributed by atoms with E-state index in [0.717, 1.165) is 4.57 Å². The predicted molar refractivity (Wildman–Crippen MR) is 101 cm³/mol. The van der Waals surface area contributed by atoms with Crippen LogP contribution in [0.4, 0.5) is 23.7 Å². The number of imidazole rings is 1. The van der Waals surface area contributed by atoms with Gasteiger partial charge in [-0.25, -0.2) is 9.78 Å². The highest BCUT2D eigenvalue weighted by Gasteiger charge is 2.37. The van der Waals surface area contributed by atoms with Crippen molar-refractivity contribution in [3.05, 3.63) is 48.3 Å². The zero-order valence-electron chi connectivity index (χ0n) is 15.7. The number of benzene rings is 2. The van der Waals surface area contributed by atoms with E-state index in [0.29, 0.717) is 22.7 Å². The van der Waals surface area contributed by atoms with Gasteiger partial charge in [0.05, 0.1) is 30.9 Å². The SMILES string of the molecule is COc1ccc(NC(=O)NCCn2c(C(F)(F)F)nc3ccccc32)c(OC)c1. The van der Waals surface area contributed by atoms with Crippen molar-refractivity contribution in [3.8, 4) is 11.5 Å². The topological polar surface area (TPSA) is 77.4 Å². The second kappa shape index (κ2) is 8.29. The Morgan fingerprint density at radius 2 is 1.90 bits per heavy atom. The molecule has 29 heavy (non-hydrogen) atoms. The zero-order valence-corrected chi connectivity index (χ0v) is 15.7. The number of nitrogens with zero attached hydrogens (tertiary/aromatic N) is 2. The van der Waals surface area contributed by atoms with Crippen LogP contribution in [0.2, 0.25) is 0 Å². The number of hydrogen-bond acceptors (Lipinski definition) is 4. The van der Waals surface area contributed by atoms with Gasteiger partial charge in [0.2, 0.25) is 5.82 Å². The van der Waals surface area contributed by atoms with Gasteiger partial charge in [0, 0.05) is 19.2 Å². The van der Waals surface area contributed by atoms with Gasteiger partial charge in [0.15, 0.2) is 0 Å². The van der Waals surface area contributed by atoms with Crippen molar-refractivity contribution < 1.29 is 27.4 Å². The summed E-state index contributed by atoms with van der Waals surface area (Å²) in [6, 6.07) is 10.6. The van der Waals surface area contributed by atoms with Crippen molar-refractivity contribution in [1.82, 2.24) is 14.9 Å². The van der Waals surface area contributed by atoms with E-state index in [1.807, 2.05) is 0 Å². The molecule has 0 unspecified atom stereocenters. The van der Waals surface area contributed by atoms with E-state index in [4.69, 9.17) is 9.47 Å². The van der Waals surface area contributed by atoms with Crippen LogP contribution in [0.3, 0.4) is 0 Å². The molecule has 0 radical (unpaired) electrons. The summed E-state index contributed by atoms with van der Waals surface area (Å²) in [5, 5.41) is 5.14. The Labute approximate surface area is 164 Å². The fourth-order valence-corrected chi connectivity index (χ4v) is 2.87. The quantitative estimate of drug-likeness (QED) is 0.649. The van der Waals surface area contributed by atoms with Crippen LogP contribution in [0.15, 0.2) is 42.5 Å². The average Bonchev–Trinajstić information content (AvgIpc) is 3.07. The average molecular weight is 408 g/mol. The van der Waals surface area contributed by atoms with Gasteiger partial charge in [0.1, 0.15) is 11.5 Å². The van der Waals surface area contributed by atoms with Gasteiger partial charge in [-0.3, -0.25) is 0 Å². The van der Waals surface area contributed by atoms with Crippen LogP contribution in [0.1, 0.15) is 5.82 Å². The predicted octanol–water partition coefficient (Wildman–Crippen LogP) is 3.89. The van der Waals surface area contributed by atoms with Gasteiger partial charge in [-0.1, -0.05) is 12.1 Å². The fourth-order valence-electron chi connectivity index (χ4n) is 2.87. The van der Waals surface area contributed by atoms with E-state index < -0.39 is 18.0 Å². The Balaban J connectivity index is 1.68. The molecule has 0 aliphatic rings. The van der Waals surface area contributed by atoms with Crippen LogP contribution < -0.4 is 20.1 Å². The Morgan fingerprint density at radius 1 is 1.14 bits per heavy atom. The number of alkyl halides is 3. The lowest BCUT2D eigenvalue weighted by Crippen LogP contribution is -2.32. The zero-order chi connectivity index (χ0) is 21.0. The Kier molecular flexibility index (Phi) is 5.81. The van der Waals surface area contributed by atoms with Crippen molar-refractivity contribution in [3.63, 3.8) is 0 Å². The minimum absolute atomic E-state index is 0.0340. The molecule has 1 heterocycles. The number of halogens is 3. The van der Waals surface area contributed by atoms with Crippen molar-refractivity contribution in [2.45, 2.75) is 12.7 Å². The van der Waals surface area contributed by atoms with E-state index in [1.54, 1.807) is 36.4 Å². The van der Waals surface area contributed by atoms with Crippen LogP contribution in [0.5, 0.6) is 11.5 Å². The van der Waals surface area contributed by atoms with Crippen LogP contribution in [0.25, 0.3) is 11.0 Å². The third-order valence-corrected chi connectivity index (χ3v) is 4.19. The molecule has 154 valence electrons. The van der Waals surface area contributed by atoms with E-state index in [2.05, 4.69) is 15.6 Å². The molecule has 0 aliphatic heterocycles. The molecule has 2 aromatic carbocycles. The highest BCUT2D eigenvalue weighted by molar-refractivity contribution is 5.91. The number of nitrogens with one attached hydrogen (secondary N) is 2. The van der Waals surface area contributed by atoms with Gasteiger partial charge in [0.25, 0.3) is 0 Å². The molecule has 0 spiro atoms. The minimum Gasteiger partial charge on any atom is -0.497 e. The highest BCUT2D eigenvalue weighted by atomic mass is 19.4. The van der Waals surface area contributed by atoms with Crippen molar-refractivity contribution in [2.24, 2.45) is 0 Å². The molecule has 0 saturated heterocycles. The molecule has 2 amide bonds. The minimum atomic E-state index is -4.60. The van der Waals surface area contributed by atoms with Gasteiger partial charge in [-0.05, 0) is 24.3 Å². The normalized spacial score (nSPS) is 11.3. The van der Waals surface area contributed by atoms with E-state index in [9.17, 15) is 18.0 Å². The summed E-state index contributed by atoms with van der Waals surface area (Å²) in [4.78, 5) is 15.8. The van der Waals surface area contributed by atoms with Crippen LogP contribution in [-0.2, 0) is 12.7 Å². The molecule has 0 fully saturated rings. The third kappa shape index (κ3) is 4.53. The van der Waals surface area contributed by atoms with Crippen LogP contribution in [-0.4, -0.2) is 36.3 Å². The number of urea groups is 1. The summed E-state index contributed by atoms with van der Waals surface area (Å²) in [7, 11) is 2.95. The van der Waals surface area contributed by atoms with E-state index in [1.165, 1.54) is 20.3 Å². The fraction of sp³-hybridized carbons (Fsp3) is 0.263. The molecular formula is C19H19F3N4O3. The number of anilines is 1. The molecule has 3 aromatic rings. The summed E-state index contributed by atoms with van der Waals surface area (Å²) < 4.78 is 51.2. The van der Waals surface area contributed by atoms with Crippen LogP contribution in [0, 0.1) is 0 Å². The lowest BCUT2D eigenvalue weighted by atomic mass is 10.2. The Morgan fingerprint density at radius 3 is 2.59 bits per heavy atom. The number of hydrogen-bond donors (Lipinski definition) is 2. The van der Waals surface area contributed by atoms with E-state index >= 15 is 0 Å². The number of amides is 2. The first-order valence-corrected chi connectivity index (χ1v) is 8.63. The molecule has 0 saturated carbocycles.